The van der Waals surface area contributed by atoms with E-state index in [1.165, 1.54) is 0 Å². The van der Waals surface area contributed by atoms with Crippen molar-refractivity contribution in [1.29, 1.82) is 0 Å². The molecule has 0 bridgehead atoms. The van der Waals surface area contributed by atoms with E-state index >= 15 is 0 Å². The number of aromatic nitrogens is 3. The Labute approximate surface area is 107 Å². The van der Waals surface area contributed by atoms with Gasteiger partial charge in [-0.1, -0.05) is 19.1 Å². The SMILES string of the molecule is CCCc1nc(C2CC=CCC2C(=O)O)n(C)n1. The van der Waals surface area contributed by atoms with Gasteiger partial charge in [0.15, 0.2) is 5.82 Å². The third-order valence-electron chi connectivity index (χ3n) is 3.40. The molecule has 18 heavy (non-hydrogen) atoms. The van der Waals surface area contributed by atoms with Crippen molar-refractivity contribution in [2.45, 2.75) is 38.5 Å². The van der Waals surface area contributed by atoms with E-state index in [0.29, 0.717) is 6.42 Å². The number of hydrogen-bond donors (Lipinski definition) is 1. The summed E-state index contributed by atoms with van der Waals surface area (Å²) in [5.74, 6) is 0.427. The molecule has 2 unspecified atom stereocenters. The van der Waals surface area contributed by atoms with Crippen molar-refractivity contribution < 1.29 is 9.90 Å². The molecule has 1 aromatic heterocycles. The Hall–Kier alpha value is -1.65. The van der Waals surface area contributed by atoms with Crippen LogP contribution in [0.15, 0.2) is 12.2 Å². The highest BCUT2D eigenvalue weighted by molar-refractivity contribution is 5.71. The highest BCUT2D eigenvalue weighted by Gasteiger charge is 2.33. The Bertz CT molecular complexity index is 465. The maximum Gasteiger partial charge on any atom is 0.307 e. The molecule has 5 heteroatoms. The summed E-state index contributed by atoms with van der Waals surface area (Å²) >= 11 is 0. The summed E-state index contributed by atoms with van der Waals surface area (Å²) in [5, 5.41) is 13.6. The van der Waals surface area contributed by atoms with E-state index < -0.39 is 5.97 Å². The Kier molecular flexibility index (Phi) is 3.79. The molecule has 0 radical (unpaired) electrons. The number of aliphatic carboxylic acids is 1. The van der Waals surface area contributed by atoms with Gasteiger partial charge in [-0.05, 0) is 19.3 Å². The fraction of sp³-hybridized carbons (Fsp3) is 0.615. The lowest BCUT2D eigenvalue weighted by molar-refractivity contribution is -0.142. The monoisotopic (exact) mass is 249 g/mol. The smallest absolute Gasteiger partial charge is 0.307 e. The van der Waals surface area contributed by atoms with Crippen LogP contribution in [0.3, 0.4) is 0 Å². The standard InChI is InChI=1S/C13H19N3O2/c1-3-6-11-14-12(16(2)15-11)9-7-4-5-8-10(9)13(17)18/h4-5,9-10H,3,6-8H2,1-2H3,(H,17,18). The number of carbonyl (C=O) groups is 1. The zero-order valence-electron chi connectivity index (χ0n) is 10.8. The Morgan fingerprint density at radius 2 is 2.22 bits per heavy atom. The molecule has 1 aliphatic rings. The molecular weight excluding hydrogens is 230 g/mol. The van der Waals surface area contributed by atoms with Gasteiger partial charge in [-0.3, -0.25) is 9.48 Å². The van der Waals surface area contributed by atoms with Crippen LogP contribution in [0, 0.1) is 5.92 Å². The topological polar surface area (TPSA) is 68.0 Å². The second kappa shape index (κ2) is 5.33. The minimum absolute atomic E-state index is 0.0596. The number of aryl methyl sites for hydroxylation is 2. The van der Waals surface area contributed by atoms with E-state index in [9.17, 15) is 9.90 Å². The quantitative estimate of drug-likeness (QED) is 0.827. The Morgan fingerprint density at radius 1 is 1.50 bits per heavy atom. The number of carboxylic acids is 1. The van der Waals surface area contributed by atoms with Crippen molar-refractivity contribution in [3.63, 3.8) is 0 Å². The third kappa shape index (κ3) is 2.44. The Morgan fingerprint density at radius 3 is 2.89 bits per heavy atom. The van der Waals surface area contributed by atoms with Crippen LogP contribution >= 0.6 is 0 Å². The first kappa shape index (κ1) is 12.8. The van der Waals surface area contributed by atoms with Crippen LogP contribution in [0.25, 0.3) is 0 Å². The summed E-state index contributed by atoms with van der Waals surface area (Å²) in [4.78, 5) is 15.8. The Balaban J connectivity index is 2.28. The predicted molar refractivity (Wildman–Crippen MR) is 67.2 cm³/mol. The molecule has 1 heterocycles. The zero-order valence-corrected chi connectivity index (χ0v) is 10.8. The van der Waals surface area contributed by atoms with Gasteiger partial charge >= 0.3 is 5.97 Å². The van der Waals surface area contributed by atoms with Crippen molar-refractivity contribution in [1.82, 2.24) is 14.8 Å². The second-order valence-electron chi connectivity index (χ2n) is 4.75. The molecular formula is C13H19N3O2. The van der Waals surface area contributed by atoms with Gasteiger partial charge in [0.25, 0.3) is 0 Å². The summed E-state index contributed by atoms with van der Waals surface area (Å²) in [6.07, 6.45) is 7.13. The largest absolute Gasteiger partial charge is 0.481 e. The van der Waals surface area contributed by atoms with E-state index in [-0.39, 0.29) is 11.8 Å². The van der Waals surface area contributed by atoms with Gasteiger partial charge < -0.3 is 5.11 Å². The van der Waals surface area contributed by atoms with Gasteiger partial charge in [-0.15, -0.1) is 0 Å². The number of allylic oxidation sites excluding steroid dienone is 2. The molecule has 5 nitrogen and oxygen atoms in total. The van der Waals surface area contributed by atoms with Crippen molar-refractivity contribution in [3.05, 3.63) is 23.8 Å². The summed E-state index contributed by atoms with van der Waals surface area (Å²) < 4.78 is 1.74. The van der Waals surface area contributed by atoms with Crippen molar-refractivity contribution >= 4 is 5.97 Å². The molecule has 0 aromatic carbocycles. The fourth-order valence-electron chi connectivity index (χ4n) is 2.48. The van der Waals surface area contributed by atoms with E-state index in [0.717, 1.165) is 30.9 Å². The summed E-state index contributed by atoms with van der Waals surface area (Å²) in [5.41, 5.74) is 0. The molecule has 1 aromatic rings. The molecule has 0 saturated heterocycles. The van der Waals surface area contributed by atoms with Crippen LogP contribution in [0.5, 0.6) is 0 Å². The average molecular weight is 249 g/mol. The van der Waals surface area contributed by atoms with Crippen molar-refractivity contribution in [2.75, 3.05) is 0 Å². The second-order valence-corrected chi connectivity index (χ2v) is 4.75. The average Bonchev–Trinajstić information content (AvgIpc) is 2.70. The lowest BCUT2D eigenvalue weighted by atomic mass is 9.82. The van der Waals surface area contributed by atoms with Gasteiger partial charge in [0.05, 0.1) is 5.92 Å². The third-order valence-corrected chi connectivity index (χ3v) is 3.40. The highest BCUT2D eigenvalue weighted by Crippen LogP contribution is 2.33. The highest BCUT2D eigenvalue weighted by atomic mass is 16.4. The predicted octanol–water partition coefficient (Wildman–Crippen LogP) is 1.90. The summed E-state index contributed by atoms with van der Waals surface area (Å²) in [6, 6.07) is 0. The van der Waals surface area contributed by atoms with Gasteiger partial charge in [-0.25, -0.2) is 4.98 Å². The van der Waals surface area contributed by atoms with E-state index in [4.69, 9.17) is 0 Å². The van der Waals surface area contributed by atoms with Crippen LogP contribution < -0.4 is 0 Å². The van der Waals surface area contributed by atoms with Crippen LogP contribution in [0.1, 0.15) is 43.8 Å². The molecule has 0 fully saturated rings. The van der Waals surface area contributed by atoms with Crippen LogP contribution in [-0.4, -0.2) is 25.8 Å². The number of rotatable bonds is 4. The van der Waals surface area contributed by atoms with E-state index in [2.05, 4.69) is 17.0 Å². The molecule has 0 amide bonds. The number of nitrogens with zero attached hydrogens (tertiary/aromatic N) is 3. The van der Waals surface area contributed by atoms with Crippen LogP contribution in [0.4, 0.5) is 0 Å². The van der Waals surface area contributed by atoms with Gasteiger partial charge in [0.1, 0.15) is 5.82 Å². The van der Waals surface area contributed by atoms with Crippen LogP contribution in [0.2, 0.25) is 0 Å². The zero-order chi connectivity index (χ0) is 13.1. The molecule has 1 N–H and O–H groups in total. The first-order chi connectivity index (χ1) is 8.63. The normalized spacial score (nSPS) is 23.2. The molecule has 0 spiro atoms. The molecule has 2 atom stereocenters. The molecule has 0 saturated carbocycles. The van der Waals surface area contributed by atoms with Crippen molar-refractivity contribution in [3.8, 4) is 0 Å². The summed E-state index contributed by atoms with van der Waals surface area (Å²) in [6.45, 7) is 2.08. The van der Waals surface area contributed by atoms with Gasteiger partial charge in [-0.2, -0.15) is 5.10 Å². The number of hydrogen-bond acceptors (Lipinski definition) is 3. The number of carboxylic acid groups (broad SMARTS) is 1. The molecule has 2 rings (SSSR count). The van der Waals surface area contributed by atoms with Crippen molar-refractivity contribution in [2.24, 2.45) is 13.0 Å². The van der Waals surface area contributed by atoms with E-state index in [1.54, 1.807) is 4.68 Å². The molecule has 1 aliphatic carbocycles. The first-order valence-corrected chi connectivity index (χ1v) is 6.41. The van der Waals surface area contributed by atoms with Crippen LogP contribution in [-0.2, 0) is 18.3 Å². The minimum Gasteiger partial charge on any atom is -0.481 e. The van der Waals surface area contributed by atoms with E-state index in [1.807, 2.05) is 19.2 Å². The minimum atomic E-state index is -0.746. The van der Waals surface area contributed by atoms with Gasteiger partial charge in [0, 0.05) is 19.4 Å². The fourth-order valence-corrected chi connectivity index (χ4v) is 2.48. The lowest BCUT2D eigenvalue weighted by Gasteiger charge is -2.23. The molecule has 0 aliphatic heterocycles. The first-order valence-electron chi connectivity index (χ1n) is 6.41. The maximum atomic E-state index is 11.3. The van der Waals surface area contributed by atoms with Gasteiger partial charge in [0.2, 0.25) is 0 Å². The summed E-state index contributed by atoms with van der Waals surface area (Å²) in [7, 11) is 1.85. The molecule has 98 valence electrons. The lowest BCUT2D eigenvalue weighted by Crippen LogP contribution is -2.25. The maximum absolute atomic E-state index is 11.3.